The number of likely N-dealkylation sites (N-methyl/N-ethyl adjacent to an activating group) is 1. The normalized spacial score (nSPS) is 15.8. The molecule has 0 radical (unpaired) electrons. The SMILES string of the molecule is CONCc1ccc(N2CCN(C)C2=O)cc1. The van der Waals surface area contributed by atoms with E-state index in [1.165, 1.54) is 0 Å². The Morgan fingerprint density at radius 2 is 2.00 bits per heavy atom. The molecule has 0 unspecified atom stereocenters. The van der Waals surface area contributed by atoms with E-state index in [2.05, 4.69) is 5.48 Å². The van der Waals surface area contributed by atoms with E-state index in [1.54, 1.807) is 16.9 Å². The van der Waals surface area contributed by atoms with Gasteiger partial charge in [0.2, 0.25) is 0 Å². The third kappa shape index (κ3) is 2.57. The Bertz CT molecular complexity index is 391. The van der Waals surface area contributed by atoms with Gasteiger partial charge in [0, 0.05) is 32.4 Å². The van der Waals surface area contributed by atoms with Crippen molar-refractivity contribution < 1.29 is 9.63 Å². The zero-order valence-corrected chi connectivity index (χ0v) is 10.1. The first-order chi connectivity index (χ1) is 8.22. The second kappa shape index (κ2) is 5.16. The molecule has 17 heavy (non-hydrogen) atoms. The highest BCUT2D eigenvalue weighted by molar-refractivity contribution is 5.93. The number of anilines is 1. The fraction of sp³-hybridized carbons (Fsp3) is 0.417. The number of amides is 2. The van der Waals surface area contributed by atoms with Crippen molar-refractivity contribution in [2.75, 3.05) is 32.1 Å². The Kier molecular flexibility index (Phi) is 3.61. The van der Waals surface area contributed by atoms with Gasteiger partial charge < -0.3 is 9.74 Å². The van der Waals surface area contributed by atoms with Gasteiger partial charge in [0.1, 0.15) is 0 Å². The molecule has 0 aliphatic carbocycles. The Morgan fingerprint density at radius 3 is 2.53 bits per heavy atom. The predicted molar refractivity (Wildman–Crippen MR) is 65.7 cm³/mol. The number of carbonyl (C=O) groups is 1. The maximum Gasteiger partial charge on any atom is 0.324 e. The molecule has 1 aromatic rings. The van der Waals surface area contributed by atoms with Crippen LogP contribution >= 0.6 is 0 Å². The monoisotopic (exact) mass is 235 g/mol. The molecule has 1 saturated heterocycles. The Hall–Kier alpha value is -1.59. The van der Waals surface area contributed by atoms with Gasteiger partial charge >= 0.3 is 6.03 Å². The van der Waals surface area contributed by atoms with Crippen LogP contribution in [0.1, 0.15) is 5.56 Å². The second-order valence-electron chi connectivity index (χ2n) is 4.05. The predicted octanol–water partition coefficient (Wildman–Crippen LogP) is 1.21. The van der Waals surface area contributed by atoms with Crippen LogP contribution in [0.25, 0.3) is 0 Å². The number of hydroxylamine groups is 1. The fourth-order valence-corrected chi connectivity index (χ4v) is 1.84. The zero-order chi connectivity index (χ0) is 12.3. The van der Waals surface area contributed by atoms with Crippen molar-refractivity contribution in [3.8, 4) is 0 Å². The molecule has 1 fully saturated rings. The van der Waals surface area contributed by atoms with Gasteiger partial charge in [-0.05, 0) is 17.7 Å². The summed E-state index contributed by atoms with van der Waals surface area (Å²) in [6.45, 7) is 2.20. The summed E-state index contributed by atoms with van der Waals surface area (Å²) in [6, 6.07) is 7.97. The van der Waals surface area contributed by atoms with E-state index in [1.807, 2.05) is 31.3 Å². The van der Waals surface area contributed by atoms with E-state index in [0.717, 1.165) is 24.3 Å². The molecule has 0 saturated carbocycles. The highest BCUT2D eigenvalue weighted by atomic mass is 16.6. The van der Waals surface area contributed by atoms with Gasteiger partial charge in [-0.15, -0.1) is 0 Å². The van der Waals surface area contributed by atoms with E-state index in [9.17, 15) is 4.79 Å². The summed E-state index contributed by atoms with van der Waals surface area (Å²) < 4.78 is 0. The maximum absolute atomic E-state index is 11.8. The van der Waals surface area contributed by atoms with Crippen LogP contribution in [0.5, 0.6) is 0 Å². The average Bonchev–Trinajstić information content (AvgIpc) is 2.68. The van der Waals surface area contributed by atoms with Crippen molar-refractivity contribution in [1.29, 1.82) is 0 Å². The third-order valence-electron chi connectivity index (χ3n) is 2.89. The highest BCUT2D eigenvalue weighted by Gasteiger charge is 2.26. The molecule has 1 heterocycles. The van der Waals surface area contributed by atoms with Crippen LogP contribution in [0.4, 0.5) is 10.5 Å². The van der Waals surface area contributed by atoms with Crippen molar-refractivity contribution >= 4 is 11.7 Å². The molecule has 1 N–H and O–H groups in total. The van der Waals surface area contributed by atoms with Crippen molar-refractivity contribution in [3.63, 3.8) is 0 Å². The standard InChI is InChI=1S/C12H17N3O2/c1-14-7-8-15(12(14)16)11-5-3-10(4-6-11)9-13-17-2/h3-6,13H,7-9H2,1-2H3. The number of hydrogen-bond donors (Lipinski definition) is 1. The van der Waals surface area contributed by atoms with Crippen LogP contribution in [0, 0.1) is 0 Å². The molecule has 2 rings (SSSR count). The lowest BCUT2D eigenvalue weighted by Crippen LogP contribution is -2.29. The Labute approximate surface area is 101 Å². The summed E-state index contributed by atoms with van der Waals surface area (Å²) in [5, 5.41) is 0. The Balaban J connectivity index is 2.05. The minimum atomic E-state index is 0.0627. The molecule has 2 amide bonds. The van der Waals surface area contributed by atoms with Gasteiger partial charge in [-0.1, -0.05) is 12.1 Å². The van der Waals surface area contributed by atoms with Crippen molar-refractivity contribution in [2.45, 2.75) is 6.54 Å². The van der Waals surface area contributed by atoms with E-state index in [4.69, 9.17) is 4.84 Å². The molecular formula is C12H17N3O2. The van der Waals surface area contributed by atoms with Gasteiger partial charge in [-0.25, -0.2) is 4.79 Å². The van der Waals surface area contributed by atoms with E-state index in [0.29, 0.717) is 6.54 Å². The fourth-order valence-electron chi connectivity index (χ4n) is 1.84. The summed E-state index contributed by atoms with van der Waals surface area (Å²) >= 11 is 0. The largest absolute Gasteiger partial charge is 0.326 e. The summed E-state index contributed by atoms with van der Waals surface area (Å²) in [5.41, 5.74) is 4.85. The first-order valence-corrected chi connectivity index (χ1v) is 5.60. The van der Waals surface area contributed by atoms with Gasteiger partial charge in [0.05, 0.1) is 7.11 Å². The van der Waals surface area contributed by atoms with Crippen LogP contribution < -0.4 is 10.4 Å². The number of rotatable bonds is 4. The van der Waals surface area contributed by atoms with Crippen LogP contribution in [-0.4, -0.2) is 38.2 Å². The smallest absolute Gasteiger partial charge is 0.324 e. The van der Waals surface area contributed by atoms with E-state index < -0.39 is 0 Å². The molecule has 1 aliphatic rings. The number of hydrogen-bond acceptors (Lipinski definition) is 3. The van der Waals surface area contributed by atoms with Crippen LogP contribution in [-0.2, 0) is 11.4 Å². The van der Waals surface area contributed by atoms with Crippen molar-refractivity contribution in [1.82, 2.24) is 10.4 Å². The van der Waals surface area contributed by atoms with Crippen molar-refractivity contribution in [3.05, 3.63) is 29.8 Å². The molecule has 0 aromatic heterocycles. The van der Waals surface area contributed by atoms with Crippen LogP contribution in [0.3, 0.4) is 0 Å². The summed E-state index contributed by atoms with van der Waals surface area (Å²) in [7, 11) is 3.41. The molecule has 5 heteroatoms. The van der Waals surface area contributed by atoms with E-state index in [-0.39, 0.29) is 6.03 Å². The molecule has 0 atom stereocenters. The topological polar surface area (TPSA) is 44.8 Å². The summed E-state index contributed by atoms with van der Waals surface area (Å²) in [4.78, 5) is 20.1. The lowest BCUT2D eigenvalue weighted by atomic mass is 10.2. The molecule has 92 valence electrons. The molecular weight excluding hydrogens is 218 g/mol. The first kappa shape index (κ1) is 11.9. The minimum Gasteiger partial charge on any atom is -0.326 e. The second-order valence-corrected chi connectivity index (χ2v) is 4.05. The maximum atomic E-state index is 11.8. The molecule has 5 nitrogen and oxygen atoms in total. The van der Waals surface area contributed by atoms with E-state index >= 15 is 0 Å². The summed E-state index contributed by atoms with van der Waals surface area (Å²) in [6.07, 6.45) is 0. The average molecular weight is 235 g/mol. The minimum absolute atomic E-state index is 0.0627. The lowest BCUT2D eigenvalue weighted by Gasteiger charge is -2.16. The van der Waals surface area contributed by atoms with Gasteiger partial charge in [-0.2, -0.15) is 5.48 Å². The van der Waals surface area contributed by atoms with Crippen LogP contribution in [0.15, 0.2) is 24.3 Å². The lowest BCUT2D eigenvalue weighted by molar-refractivity contribution is 0.0867. The molecule has 1 aromatic carbocycles. The quantitative estimate of drug-likeness (QED) is 0.798. The first-order valence-electron chi connectivity index (χ1n) is 5.60. The molecule has 0 spiro atoms. The number of nitrogens with one attached hydrogen (secondary N) is 1. The summed E-state index contributed by atoms with van der Waals surface area (Å²) in [5.74, 6) is 0. The van der Waals surface area contributed by atoms with Gasteiger partial charge in [0.25, 0.3) is 0 Å². The van der Waals surface area contributed by atoms with Crippen LogP contribution in [0.2, 0.25) is 0 Å². The van der Waals surface area contributed by atoms with Crippen molar-refractivity contribution in [2.24, 2.45) is 0 Å². The molecule has 1 aliphatic heterocycles. The number of carbonyl (C=O) groups excluding carboxylic acids is 1. The Morgan fingerprint density at radius 1 is 1.29 bits per heavy atom. The number of urea groups is 1. The number of benzene rings is 1. The number of nitrogens with zero attached hydrogens (tertiary/aromatic N) is 2. The van der Waals surface area contributed by atoms with Gasteiger partial charge in [-0.3, -0.25) is 4.90 Å². The highest BCUT2D eigenvalue weighted by Crippen LogP contribution is 2.19. The van der Waals surface area contributed by atoms with Gasteiger partial charge in [0.15, 0.2) is 0 Å². The zero-order valence-electron chi connectivity index (χ0n) is 10.1. The molecule has 0 bridgehead atoms. The third-order valence-corrected chi connectivity index (χ3v) is 2.89.